The summed E-state index contributed by atoms with van der Waals surface area (Å²) in [5, 5.41) is 9.12. The van der Waals surface area contributed by atoms with Gasteiger partial charge in [0.2, 0.25) is 0 Å². The highest BCUT2D eigenvalue weighted by Crippen LogP contribution is 2.19. The van der Waals surface area contributed by atoms with Crippen LogP contribution in [0.1, 0.15) is 36.4 Å². The van der Waals surface area contributed by atoms with Crippen molar-refractivity contribution in [2.24, 2.45) is 0 Å². The summed E-state index contributed by atoms with van der Waals surface area (Å²) in [6.07, 6.45) is 2.30. The van der Waals surface area contributed by atoms with Crippen LogP contribution in [0.3, 0.4) is 0 Å². The van der Waals surface area contributed by atoms with Crippen molar-refractivity contribution >= 4 is 29.1 Å². The number of aromatic nitrogens is 1. The summed E-state index contributed by atoms with van der Waals surface area (Å²) >= 11 is 3.58. The Kier molecular flexibility index (Phi) is 5.51. The SMILES string of the molecule is Cc1csc([C@H](C)CNC(=O)N[C@H]2CCCSC2)n1. The Labute approximate surface area is 122 Å². The Morgan fingerprint density at radius 2 is 2.47 bits per heavy atom. The number of hydrogen-bond acceptors (Lipinski definition) is 4. The third kappa shape index (κ3) is 4.69. The number of aryl methyl sites for hydroxylation is 1. The molecule has 4 nitrogen and oxygen atoms in total. The highest BCUT2D eigenvalue weighted by atomic mass is 32.2. The fourth-order valence-electron chi connectivity index (χ4n) is 2.02. The van der Waals surface area contributed by atoms with E-state index in [1.165, 1.54) is 12.2 Å². The first kappa shape index (κ1) is 14.7. The molecule has 2 amide bonds. The molecule has 19 heavy (non-hydrogen) atoms. The molecule has 2 rings (SSSR count). The van der Waals surface area contributed by atoms with Crippen LogP contribution in [-0.4, -0.2) is 35.1 Å². The molecule has 0 aliphatic carbocycles. The molecule has 0 bridgehead atoms. The van der Waals surface area contributed by atoms with E-state index in [0.29, 0.717) is 12.6 Å². The van der Waals surface area contributed by atoms with Gasteiger partial charge in [-0.1, -0.05) is 6.92 Å². The lowest BCUT2D eigenvalue weighted by Crippen LogP contribution is -2.45. The van der Waals surface area contributed by atoms with Crippen LogP contribution in [0.5, 0.6) is 0 Å². The minimum atomic E-state index is -0.0485. The van der Waals surface area contributed by atoms with E-state index in [1.807, 2.05) is 24.1 Å². The maximum Gasteiger partial charge on any atom is 0.315 e. The largest absolute Gasteiger partial charge is 0.337 e. The van der Waals surface area contributed by atoms with E-state index < -0.39 is 0 Å². The summed E-state index contributed by atoms with van der Waals surface area (Å²) in [7, 11) is 0. The molecule has 0 unspecified atom stereocenters. The van der Waals surface area contributed by atoms with Gasteiger partial charge in [0, 0.05) is 35.3 Å². The quantitative estimate of drug-likeness (QED) is 0.899. The minimum absolute atomic E-state index is 0.0485. The van der Waals surface area contributed by atoms with Crippen molar-refractivity contribution in [1.82, 2.24) is 15.6 Å². The first-order valence-electron chi connectivity index (χ1n) is 6.69. The van der Waals surface area contributed by atoms with Gasteiger partial charge in [-0.05, 0) is 25.5 Å². The molecule has 1 aromatic rings. The third-order valence-electron chi connectivity index (χ3n) is 3.12. The molecule has 2 heterocycles. The van der Waals surface area contributed by atoms with Crippen molar-refractivity contribution in [3.63, 3.8) is 0 Å². The van der Waals surface area contributed by atoms with Crippen molar-refractivity contribution in [3.8, 4) is 0 Å². The van der Waals surface area contributed by atoms with Gasteiger partial charge in [-0.15, -0.1) is 11.3 Å². The normalized spacial score (nSPS) is 20.8. The van der Waals surface area contributed by atoms with Crippen molar-refractivity contribution in [2.45, 2.75) is 38.6 Å². The summed E-state index contributed by atoms with van der Waals surface area (Å²) in [5.74, 6) is 2.53. The molecule has 0 spiro atoms. The van der Waals surface area contributed by atoms with Gasteiger partial charge >= 0.3 is 6.03 Å². The molecular weight excluding hydrogens is 278 g/mol. The number of rotatable bonds is 4. The zero-order valence-electron chi connectivity index (χ0n) is 11.4. The van der Waals surface area contributed by atoms with Gasteiger partial charge in [0.15, 0.2) is 0 Å². The van der Waals surface area contributed by atoms with Crippen LogP contribution in [0.4, 0.5) is 4.79 Å². The van der Waals surface area contributed by atoms with Crippen LogP contribution in [-0.2, 0) is 0 Å². The van der Waals surface area contributed by atoms with Crippen LogP contribution in [0.2, 0.25) is 0 Å². The molecule has 1 aliphatic heterocycles. The molecule has 2 atom stereocenters. The molecule has 0 radical (unpaired) electrons. The molecular formula is C13H21N3OS2. The standard InChI is InChI=1S/C13H21N3OS2/c1-9(12-15-10(2)7-19-12)6-14-13(17)16-11-4-3-5-18-8-11/h7,9,11H,3-6,8H2,1-2H3,(H2,14,16,17)/t9-,11+/m1/s1. The molecule has 2 N–H and O–H groups in total. The number of carbonyl (C=O) groups is 1. The van der Waals surface area contributed by atoms with E-state index in [1.54, 1.807) is 11.3 Å². The summed E-state index contributed by atoms with van der Waals surface area (Å²) in [4.78, 5) is 16.3. The van der Waals surface area contributed by atoms with Crippen LogP contribution in [0, 0.1) is 6.92 Å². The fraction of sp³-hybridized carbons (Fsp3) is 0.692. The summed E-state index contributed by atoms with van der Waals surface area (Å²) in [5.41, 5.74) is 1.05. The van der Waals surface area contributed by atoms with E-state index in [-0.39, 0.29) is 11.9 Å². The lowest BCUT2D eigenvalue weighted by molar-refractivity contribution is 0.236. The summed E-state index contributed by atoms with van der Waals surface area (Å²) in [6, 6.07) is 0.281. The maximum absolute atomic E-state index is 11.8. The van der Waals surface area contributed by atoms with E-state index in [4.69, 9.17) is 0 Å². The third-order valence-corrected chi connectivity index (χ3v) is 5.53. The monoisotopic (exact) mass is 299 g/mol. The van der Waals surface area contributed by atoms with Gasteiger partial charge in [0.05, 0.1) is 5.01 Å². The molecule has 0 saturated carbocycles. The maximum atomic E-state index is 11.8. The Morgan fingerprint density at radius 1 is 1.63 bits per heavy atom. The average Bonchev–Trinajstić information content (AvgIpc) is 2.84. The van der Waals surface area contributed by atoms with Crippen LogP contribution in [0.15, 0.2) is 5.38 Å². The van der Waals surface area contributed by atoms with E-state index in [9.17, 15) is 4.79 Å². The molecule has 6 heteroatoms. The number of urea groups is 1. The zero-order chi connectivity index (χ0) is 13.7. The predicted octanol–water partition coefficient (Wildman–Crippen LogP) is 2.75. The summed E-state index contributed by atoms with van der Waals surface area (Å²) < 4.78 is 0. The molecule has 1 saturated heterocycles. The second-order valence-corrected chi connectivity index (χ2v) is 7.04. The van der Waals surface area contributed by atoms with E-state index in [2.05, 4.69) is 22.5 Å². The molecule has 1 fully saturated rings. The minimum Gasteiger partial charge on any atom is -0.337 e. The fourth-order valence-corrected chi connectivity index (χ4v) is 3.95. The van der Waals surface area contributed by atoms with E-state index in [0.717, 1.165) is 22.9 Å². The smallest absolute Gasteiger partial charge is 0.315 e. The Hall–Kier alpha value is -0.750. The Bertz CT molecular complexity index is 416. The number of nitrogens with zero attached hydrogens (tertiary/aromatic N) is 1. The highest BCUT2D eigenvalue weighted by molar-refractivity contribution is 7.99. The second-order valence-electron chi connectivity index (χ2n) is 5.00. The number of thiazole rings is 1. The summed E-state index contributed by atoms with van der Waals surface area (Å²) in [6.45, 7) is 4.72. The number of hydrogen-bond donors (Lipinski definition) is 2. The Morgan fingerprint density at radius 3 is 3.11 bits per heavy atom. The number of carbonyl (C=O) groups excluding carboxylic acids is 1. The topological polar surface area (TPSA) is 54.0 Å². The van der Waals surface area contributed by atoms with Crippen LogP contribution >= 0.6 is 23.1 Å². The molecule has 1 aliphatic rings. The van der Waals surface area contributed by atoms with Gasteiger partial charge in [-0.25, -0.2) is 9.78 Å². The van der Waals surface area contributed by atoms with Crippen molar-refractivity contribution in [3.05, 3.63) is 16.1 Å². The first-order chi connectivity index (χ1) is 9.15. The zero-order valence-corrected chi connectivity index (χ0v) is 13.1. The average molecular weight is 299 g/mol. The first-order valence-corrected chi connectivity index (χ1v) is 8.72. The lowest BCUT2D eigenvalue weighted by Gasteiger charge is -2.23. The van der Waals surface area contributed by atoms with Gasteiger partial charge in [-0.2, -0.15) is 11.8 Å². The molecule has 106 valence electrons. The van der Waals surface area contributed by atoms with Gasteiger partial charge in [-0.3, -0.25) is 0 Å². The predicted molar refractivity (Wildman–Crippen MR) is 82.1 cm³/mol. The van der Waals surface area contributed by atoms with E-state index >= 15 is 0 Å². The van der Waals surface area contributed by atoms with Crippen molar-refractivity contribution in [2.75, 3.05) is 18.1 Å². The number of thioether (sulfide) groups is 1. The van der Waals surface area contributed by atoms with Gasteiger partial charge in [0.25, 0.3) is 0 Å². The van der Waals surface area contributed by atoms with Crippen LogP contribution < -0.4 is 10.6 Å². The number of amides is 2. The second kappa shape index (κ2) is 7.14. The Balaban J connectivity index is 1.70. The molecule has 0 aromatic carbocycles. The highest BCUT2D eigenvalue weighted by Gasteiger charge is 2.16. The van der Waals surface area contributed by atoms with Gasteiger partial charge < -0.3 is 10.6 Å². The van der Waals surface area contributed by atoms with Gasteiger partial charge in [0.1, 0.15) is 0 Å². The molecule has 1 aromatic heterocycles. The lowest BCUT2D eigenvalue weighted by atomic mass is 10.2. The number of nitrogens with one attached hydrogen (secondary N) is 2. The van der Waals surface area contributed by atoms with Crippen molar-refractivity contribution in [1.29, 1.82) is 0 Å². The van der Waals surface area contributed by atoms with Crippen LogP contribution in [0.25, 0.3) is 0 Å². The van der Waals surface area contributed by atoms with Crippen molar-refractivity contribution < 1.29 is 4.79 Å².